The van der Waals surface area contributed by atoms with Crippen molar-refractivity contribution in [3.05, 3.63) is 42.4 Å². The highest BCUT2D eigenvalue weighted by atomic mass is 16.2. The number of carbonyl (C=O) groups excluding carboxylic acids is 2. The number of likely N-dealkylation sites (tertiary alicyclic amines) is 2. The van der Waals surface area contributed by atoms with Crippen LogP contribution in [0.25, 0.3) is 11.3 Å². The van der Waals surface area contributed by atoms with Crippen LogP contribution in [0.15, 0.2) is 36.8 Å². The second kappa shape index (κ2) is 7.94. The molecular formula is C21H26N4O2. The van der Waals surface area contributed by atoms with Gasteiger partial charge in [0.05, 0.1) is 18.2 Å². The van der Waals surface area contributed by atoms with Gasteiger partial charge in [-0.3, -0.25) is 9.59 Å². The van der Waals surface area contributed by atoms with Crippen LogP contribution in [0.4, 0.5) is 0 Å². The predicted octanol–water partition coefficient (Wildman–Crippen LogP) is 3.08. The van der Waals surface area contributed by atoms with E-state index in [2.05, 4.69) is 9.97 Å². The fraction of sp³-hybridized carbons (Fsp3) is 0.476. The summed E-state index contributed by atoms with van der Waals surface area (Å²) in [7, 11) is 0. The summed E-state index contributed by atoms with van der Waals surface area (Å²) >= 11 is 0. The van der Waals surface area contributed by atoms with Gasteiger partial charge in [0.15, 0.2) is 0 Å². The van der Waals surface area contributed by atoms with E-state index in [0.29, 0.717) is 12.0 Å². The van der Waals surface area contributed by atoms with E-state index in [9.17, 15) is 9.59 Å². The lowest BCUT2D eigenvalue weighted by Crippen LogP contribution is -2.45. The van der Waals surface area contributed by atoms with Gasteiger partial charge in [-0.2, -0.15) is 0 Å². The Morgan fingerprint density at radius 1 is 1.22 bits per heavy atom. The molecule has 142 valence electrons. The fourth-order valence-corrected chi connectivity index (χ4v) is 4.21. The molecule has 0 radical (unpaired) electrons. The number of carbonyl (C=O) groups is 2. The average Bonchev–Trinajstić information content (AvgIpc) is 3.38. The molecule has 2 aliphatic heterocycles. The molecule has 2 aliphatic rings. The monoisotopic (exact) mass is 366 g/mol. The topological polar surface area (TPSA) is 69.3 Å². The Morgan fingerprint density at radius 3 is 2.93 bits per heavy atom. The van der Waals surface area contributed by atoms with Crippen LogP contribution in [0.1, 0.15) is 48.9 Å². The van der Waals surface area contributed by atoms with Crippen LogP contribution >= 0.6 is 0 Å². The van der Waals surface area contributed by atoms with Crippen molar-refractivity contribution in [1.82, 2.24) is 19.8 Å². The fourth-order valence-electron chi connectivity index (χ4n) is 4.21. The van der Waals surface area contributed by atoms with Gasteiger partial charge in [-0.05, 0) is 44.2 Å². The quantitative estimate of drug-likeness (QED) is 0.884. The van der Waals surface area contributed by atoms with E-state index in [1.807, 2.05) is 34.1 Å². The number of nitrogens with one attached hydrogen (secondary N) is 1. The van der Waals surface area contributed by atoms with Crippen molar-refractivity contribution in [3.8, 4) is 11.3 Å². The summed E-state index contributed by atoms with van der Waals surface area (Å²) in [5.41, 5.74) is 2.59. The third kappa shape index (κ3) is 3.89. The summed E-state index contributed by atoms with van der Waals surface area (Å²) in [5.74, 6) is 0.352. The molecule has 2 fully saturated rings. The number of hydrogen-bond donors (Lipinski definition) is 1. The zero-order valence-corrected chi connectivity index (χ0v) is 15.6. The van der Waals surface area contributed by atoms with Gasteiger partial charge in [0.25, 0.3) is 5.91 Å². The van der Waals surface area contributed by atoms with E-state index in [0.717, 1.165) is 63.0 Å². The molecule has 6 heteroatoms. The number of rotatable bonds is 5. The Hall–Kier alpha value is -2.63. The van der Waals surface area contributed by atoms with Gasteiger partial charge in [0.1, 0.15) is 0 Å². The second-order valence-corrected chi connectivity index (χ2v) is 7.47. The van der Waals surface area contributed by atoms with Crippen LogP contribution < -0.4 is 0 Å². The first-order valence-electron chi connectivity index (χ1n) is 9.90. The summed E-state index contributed by atoms with van der Waals surface area (Å²) in [4.78, 5) is 36.2. The molecule has 1 N–H and O–H groups in total. The normalized spacial score (nSPS) is 20.3. The smallest absolute Gasteiger partial charge is 0.254 e. The minimum atomic E-state index is 0.0915. The van der Waals surface area contributed by atoms with Crippen molar-refractivity contribution in [2.75, 3.05) is 19.6 Å². The number of aromatic amines is 1. The first-order chi connectivity index (χ1) is 13.2. The summed E-state index contributed by atoms with van der Waals surface area (Å²) in [6, 6.07) is 7.95. The predicted molar refractivity (Wildman–Crippen MR) is 103 cm³/mol. The summed E-state index contributed by atoms with van der Waals surface area (Å²) in [6.45, 7) is 2.43. The molecular weight excluding hydrogens is 340 g/mol. The zero-order chi connectivity index (χ0) is 18.6. The third-order valence-corrected chi connectivity index (χ3v) is 5.71. The lowest BCUT2D eigenvalue weighted by atomic mass is 9.97. The number of hydrogen-bond acceptors (Lipinski definition) is 3. The number of aromatic nitrogens is 2. The minimum Gasteiger partial charge on any atom is -0.345 e. The van der Waals surface area contributed by atoms with Crippen LogP contribution in [0, 0.1) is 0 Å². The van der Waals surface area contributed by atoms with Crippen LogP contribution in [0.5, 0.6) is 0 Å². The number of H-pyrrole nitrogens is 1. The van der Waals surface area contributed by atoms with Crippen molar-refractivity contribution in [2.45, 2.75) is 44.6 Å². The number of piperidine rings is 1. The molecule has 2 aromatic rings. The Balaban J connectivity index is 1.47. The highest BCUT2D eigenvalue weighted by molar-refractivity contribution is 5.95. The second-order valence-electron chi connectivity index (χ2n) is 7.47. The van der Waals surface area contributed by atoms with Crippen LogP contribution in [-0.4, -0.2) is 57.3 Å². The molecule has 6 nitrogen and oxygen atoms in total. The van der Waals surface area contributed by atoms with Crippen molar-refractivity contribution in [2.24, 2.45) is 0 Å². The van der Waals surface area contributed by atoms with E-state index in [1.54, 1.807) is 12.5 Å². The molecule has 1 aromatic heterocycles. The average molecular weight is 366 g/mol. The third-order valence-electron chi connectivity index (χ3n) is 5.71. The van der Waals surface area contributed by atoms with Gasteiger partial charge in [-0.15, -0.1) is 0 Å². The molecule has 1 aromatic carbocycles. The molecule has 4 rings (SSSR count). The van der Waals surface area contributed by atoms with E-state index in [-0.39, 0.29) is 17.9 Å². The lowest BCUT2D eigenvalue weighted by molar-refractivity contribution is -0.127. The molecule has 0 aliphatic carbocycles. The highest BCUT2D eigenvalue weighted by Gasteiger charge is 2.29. The van der Waals surface area contributed by atoms with E-state index < -0.39 is 0 Å². The number of imidazole rings is 1. The first-order valence-corrected chi connectivity index (χ1v) is 9.90. The first kappa shape index (κ1) is 17.8. The maximum Gasteiger partial charge on any atom is 0.254 e. The SMILES string of the molecule is O=C1CCCN1CC[C@H]1CCCCN1C(=O)c1cccc(-c2cnc[nH]2)c1. The molecule has 0 saturated carbocycles. The van der Waals surface area contributed by atoms with Crippen LogP contribution in [-0.2, 0) is 4.79 Å². The van der Waals surface area contributed by atoms with Gasteiger partial charge in [0, 0.05) is 43.2 Å². The van der Waals surface area contributed by atoms with Gasteiger partial charge >= 0.3 is 0 Å². The standard InChI is InChI=1S/C21H26N4O2/c26-20-8-4-10-24(20)12-9-18-7-1-2-11-25(18)21(27)17-6-3-5-16(13-17)19-14-22-15-23-19/h3,5-6,13-15,18H,1-2,4,7-12H2,(H,22,23)/t18-/m1/s1. The molecule has 27 heavy (non-hydrogen) atoms. The zero-order valence-electron chi connectivity index (χ0n) is 15.6. The van der Waals surface area contributed by atoms with Crippen molar-refractivity contribution < 1.29 is 9.59 Å². The van der Waals surface area contributed by atoms with Gasteiger partial charge < -0.3 is 14.8 Å². The number of amides is 2. The van der Waals surface area contributed by atoms with Crippen molar-refractivity contribution in [3.63, 3.8) is 0 Å². The molecule has 0 spiro atoms. The Bertz CT molecular complexity index is 802. The summed E-state index contributed by atoms with van der Waals surface area (Å²) < 4.78 is 0. The van der Waals surface area contributed by atoms with Crippen molar-refractivity contribution >= 4 is 11.8 Å². The maximum absolute atomic E-state index is 13.2. The Morgan fingerprint density at radius 2 is 2.15 bits per heavy atom. The van der Waals surface area contributed by atoms with Gasteiger partial charge in [-0.1, -0.05) is 12.1 Å². The van der Waals surface area contributed by atoms with E-state index in [1.165, 1.54) is 0 Å². The van der Waals surface area contributed by atoms with E-state index in [4.69, 9.17) is 0 Å². The van der Waals surface area contributed by atoms with Crippen LogP contribution in [0.2, 0.25) is 0 Å². The molecule has 1 atom stereocenters. The van der Waals surface area contributed by atoms with E-state index >= 15 is 0 Å². The Labute approximate surface area is 159 Å². The number of benzene rings is 1. The molecule has 2 amide bonds. The minimum absolute atomic E-state index is 0.0915. The van der Waals surface area contributed by atoms with Crippen LogP contribution in [0.3, 0.4) is 0 Å². The highest BCUT2D eigenvalue weighted by Crippen LogP contribution is 2.25. The number of nitrogens with zero attached hydrogens (tertiary/aromatic N) is 3. The van der Waals surface area contributed by atoms with Gasteiger partial charge in [-0.25, -0.2) is 4.98 Å². The maximum atomic E-state index is 13.2. The largest absolute Gasteiger partial charge is 0.345 e. The molecule has 0 unspecified atom stereocenters. The van der Waals surface area contributed by atoms with Gasteiger partial charge in [0.2, 0.25) is 5.91 Å². The lowest BCUT2D eigenvalue weighted by Gasteiger charge is -2.36. The summed E-state index contributed by atoms with van der Waals surface area (Å²) in [6.07, 6.45) is 9.14. The summed E-state index contributed by atoms with van der Waals surface area (Å²) in [5, 5.41) is 0. The van der Waals surface area contributed by atoms with Crippen molar-refractivity contribution in [1.29, 1.82) is 0 Å². The molecule has 0 bridgehead atoms. The Kier molecular flexibility index (Phi) is 5.23. The molecule has 2 saturated heterocycles. The molecule has 3 heterocycles.